The summed E-state index contributed by atoms with van der Waals surface area (Å²) in [4.78, 5) is 8.42. The fourth-order valence-electron chi connectivity index (χ4n) is 4.91. The lowest BCUT2D eigenvalue weighted by Gasteiger charge is -2.40. The third kappa shape index (κ3) is 2.76. The minimum atomic E-state index is -0.549. The van der Waals surface area contributed by atoms with Crippen molar-refractivity contribution in [1.29, 1.82) is 0 Å². The molecule has 5 nitrogen and oxygen atoms in total. The third-order valence-electron chi connectivity index (χ3n) is 6.81. The van der Waals surface area contributed by atoms with E-state index in [1.165, 1.54) is 11.3 Å². The minimum Gasteiger partial charge on any atom is -0.410 e. The van der Waals surface area contributed by atoms with Crippen molar-refractivity contribution >= 4 is 17.1 Å². The molecule has 156 valence electrons. The van der Waals surface area contributed by atoms with Crippen LogP contribution < -0.4 is 4.90 Å². The summed E-state index contributed by atoms with van der Waals surface area (Å²) in [6.45, 7) is 4.45. The highest BCUT2D eigenvalue weighted by molar-refractivity contribution is 6.13. The molecule has 0 bridgehead atoms. The Labute approximate surface area is 182 Å². The van der Waals surface area contributed by atoms with Crippen LogP contribution in [0.25, 0.3) is 0 Å². The van der Waals surface area contributed by atoms with E-state index in [-0.39, 0.29) is 5.41 Å². The second kappa shape index (κ2) is 6.98. The van der Waals surface area contributed by atoms with Crippen molar-refractivity contribution in [3.05, 3.63) is 101 Å². The lowest BCUT2D eigenvalue weighted by atomic mass is 9.75. The van der Waals surface area contributed by atoms with E-state index in [1.54, 1.807) is 0 Å². The van der Waals surface area contributed by atoms with Crippen molar-refractivity contribution in [1.82, 2.24) is 0 Å². The molecule has 0 saturated carbocycles. The molecule has 0 saturated heterocycles. The predicted molar refractivity (Wildman–Crippen MR) is 123 cm³/mol. The van der Waals surface area contributed by atoms with Crippen LogP contribution in [-0.2, 0) is 10.3 Å². The third-order valence-corrected chi connectivity index (χ3v) is 6.81. The summed E-state index contributed by atoms with van der Waals surface area (Å²) >= 11 is 0. The van der Waals surface area contributed by atoms with Crippen LogP contribution >= 0.6 is 0 Å². The number of anilines is 1. The molecule has 0 amide bonds. The number of hydrogen-bond acceptors (Lipinski definition) is 5. The molecule has 1 unspecified atom stereocenters. The van der Waals surface area contributed by atoms with Crippen LogP contribution in [0, 0.1) is 0 Å². The van der Waals surface area contributed by atoms with Gasteiger partial charge in [-0.25, -0.2) is 0 Å². The van der Waals surface area contributed by atoms with Gasteiger partial charge in [-0.3, -0.25) is 0 Å². The first-order valence-electron chi connectivity index (χ1n) is 10.4. The number of likely N-dealkylation sites (N-methyl/N-ethyl adjacent to an activating group) is 1. The van der Waals surface area contributed by atoms with E-state index in [0.29, 0.717) is 12.1 Å². The SMILES string of the molecule is CN1c2ccccc2C(C)(C)C12CC(c1ccc(/C(=N/O)c3ccccc3)cc1)=NO2. The van der Waals surface area contributed by atoms with Crippen molar-refractivity contribution in [2.24, 2.45) is 10.3 Å². The van der Waals surface area contributed by atoms with Gasteiger partial charge in [0, 0.05) is 23.9 Å². The van der Waals surface area contributed by atoms with Crippen molar-refractivity contribution in [2.75, 3.05) is 11.9 Å². The molecule has 5 rings (SSSR count). The van der Waals surface area contributed by atoms with Crippen LogP contribution in [-0.4, -0.2) is 29.4 Å². The zero-order valence-electron chi connectivity index (χ0n) is 17.9. The Morgan fingerprint density at radius 1 is 0.935 bits per heavy atom. The Bertz CT molecular complexity index is 1180. The number of fused-ring (bicyclic) bond motifs is 1. The molecule has 1 atom stereocenters. The Morgan fingerprint density at radius 3 is 2.26 bits per heavy atom. The van der Waals surface area contributed by atoms with Gasteiger partial charge < -0.3 is 14.9 Å². The lowest BCUT2D eigenvalue weighted by Crippen LogP contribution is -2.54. The van der Waals surface area contributed by atoms with Crippen molar-refractivity contribution in [3.8, 4) is 0 Å². The average molecular weight is 412 g/mol. The highest BCUT2D eigenvalue weighted by Gasteiger charge is 2.61. The van der Waals surface area contributed by atoms with Gasteiger partial charge in [0.25, 0.3) is 0 Å². The number of nitrogens with zero attached hydrogens (tertiary/aromatic N) is 3. The summed E-state index contributed by atoms with van der Waals surface area (Å²) in [5.74, 6) is 0. The minimum absolute atomic E-state index is 0.215. The summed E-state index contributed by atoms with van der Waals surface area (Å²) < 4.78 is 0. The Balaban J connectivity index is 1.42. The van der Waals surface area contributed by atoms with Gasteiger partial charge in [0.05, 0.1) is 17.5 Å². The van der Waals surface area contributed by atoms with Crippen LogP contribution in [0.2, 0.25) is 0 Å². The second-order valence-electron chi connectivity index (χ2n) is 8.68. The zero-order chi connectivity index (χ0) is 21.6. The molecule has 5 heteroatoms. The average Bonchev–Trinajstić information content (AvgIpc) is 3.33. The first-order valence-corrected chi connectivity index (χ1v) is 10.4. The maximum absolute atomic E-state index is 9.56. The van der Waals surface area contributed by atoms with E-state index in [4.69, 9.17) is 4.84 Å². The molecule has 3 aromatic rings. The summed E-state index contributed by atoms with van der Waals surface area (Å²) in [5.41, 5.74) is 5.87. The van der Waals surface area contributed by atoms with Crippen LogP contribution in [0.15, 0.2) is 89.2 Å². The molecule has 2 heterocycles. The van der Waals surface area contributed by atoms with Gasteiger partial charge in [-0.1, -0.05) is 83.1 Å². The molecule has 1 spiro atoms. The molecule has 2 aliphatic rings. The van der Waals surface area contributed by atoms with E-state index >= 15 is 0 Å². The maximum Gasteiger partial charge on any atom is 0.224 e. The topological polar surface area (TPSA) is 57.4 Å². The van der Waals surface area contributed by atoms with Crippen molar-refractivity contribution in [2.45, 2.75) is 31.4 Å². The van der Waals surface area contributed by atoms with E-state index in [1.807, 2.05) is 54.6 Å². The van der Waals surface area contributed by atoms with Gasteiger partial charge in [-0.05, 0) is 31.0 Å². The second-order valence-corrected chi connectivity index (χ2v) is 8.68. The number of rotatable bonds is 3. The highest BCUT2D eigenvalue weighted by Crippen LogP contribution is 2.55. The molecule has 0 fully saturated rings. The van der Waals surface area contributed by atoms with Crippen LogP contribution in [0.3, 0.4) is 0 Å². The predicted octanol–water partition coefficient (Wildman–Crippen LogP) is 5.16. The van der Waals surface area contributed by atoms with E-state index < -0.39 is 5.72 Å². The lowest BCUT2D eigenvalue weighted by molar-refractivity contribution is -0.0591. The normalized spacial score (nSPS) is 21.7. The fourth-order valence-corrected chi connectivity index (χ4v) is 4.91. The Morgan fingerprint density at radius 2 is 1.58 bits per heavy atom. The Hall–Kier alpha value is -3.60. The first kappa shape index (κ1) is 19.4. The molecule has 0 aliphatic carbocycles. The number of para-hydroxylation sites is 1. The molecular formula is C26H25N3O2. The van der Waals surface area contributed by atoms with Gasteiger partial charge in [-0.2, -0.15) is 0 Å². The van der Waals surface area contributed by atoms with Gasteiger partial charge in [0.1, 0.15) is 5.71 Å². The fraction of sp³-hybridized carbons (Fsp3) is 0.231. The number of hydrogen-bond donors (Lipinski definition) is 1. The van der Waals surface area contributed by atoms with Gasteiger partial charge >= 0.3 is 0 Å². The van der Waals surface area contributed by atoms with Crippen molar-refractivity contribution < 1.29 is 10.0 Å². The van der Waals surface area contributed by atoms with Gasteiger partial charge in [-0.15, -0.1) is 0 Å². The number of benzene rings is 3. The molecule has 3 aromatic carbocycles. The highest BCUT2D eigenvalue weighted by atomic mass is 16.7. The molecule has 2 aliphatic heterocycles. The van der Waals surface area contributed by atoms with E-state index in [0.717, 1.165) is 22.4 Å². The summed E-state index contributed by atoms with van der Waals surface area (Å²) in [5, 5.41) is 17.6. The van der Waals surface area contributed by atoms with Crippen LogP contribution in [0.4, 0.5) is 5.69 Å². The smallest absolute Gasteiger partial charge is 0.224 e. The van der Waals surface area contributed by atoms with Gasteiger partial charge in [0.15, 0.2) is 0 Å². The van der Waals surface area contributed by atoms with Crippen LogP contribution in [0.5, 0.6) is 0 Å². The van der Waals surface area contributed by atoms with Crippen molar-refractivity contribution in [3.63, 3.8) is 0 Å². The largest absolute Gasteiger partial charge is 0.410 e. The molecule has 0 radical (unpaired) electrons. The molecule has 31 heavy (non-hydrogen) atoms. The summed E-state index contributed by atoms with van der Waals surface area (Å²) in [6, 6.07) is 26.1. The molecule has 1 N–H and O–H groups in total. The molecule has 0 aromatic heterocycles. The quantitative estimate of drug-likeness (QED) is 0.368. The number of oxime groups is 2. The molecular weight excluding hydrogens is 386 g/mol. The van der Waals surface area contributed by atoms with Crippen LogP contribution in [0.1, 0.15) is 42.5 Å². The maximum atomic E-state index is 9.56. The van der Waals surface area contributed by atoms with E-state index in [9.17, 15) is 5.21 Å². The standard InChI is InChI=1S/C26H25N3O2/c1-25(2)21-11-7-8-12-23(21)29(3)26(25)17-22(28-31-26)18-13-15-20(16-14-18)24(27-30)19-9-5-4-6-10-19/h4-16,30H,17H2,1-3H3/b27-24+. The first-order chi connectivity index (χ1) is 15.0. The Kier molecular flexibility index (Phi) is 4.36. The monoisotopic (exact) mass is 411 g/mol. The summed E-state index contributed by atoms with van der Waals surface area (Å²) in [7, 11) is 2.08. The van der Waals surface area contributed by atoms with E-state index in [2.05, 4.69) is 60.4 Å². The van der Waals surface area contributed by atoms with Gasteiger partial charge in [0.2, 0.25) is 5.72 Å². The zero-order valence-corrected chi connectivity index (χ0v) is 17.9. The summed E-state index contributed by atoms with van der Waals surface area (Å²) in [6.07, 6.45) is 0.685.